The molecular weight excluding hydrogens is 308 g/mol. The van der Waals surface area contributed by atoms with Crippen LogP contribution in [-0.4, -0.2) is 17.3 Å². The highest BCUT2D eigenvalue weighted by Crippen LogP contribution is 2.40. The Kier molecular flexibility index (Phi) is 4.66. The lowest BCUT2D eigenvalue weighted by atomic mass is 10.0. The lowest BCUT2D eigenvalue weighted by Crippen LogP contribution is -2.26. The summed E-state index contributed by atoms with van der Waals surface area (Å²) in [5, 5.41) is 4.56. The summed E-state index contributed by atoms with van der Waals surface area (Å²) < 4.78 is 0. The van der Waals surface area contributed by atoms with E-state index < -0.39 is 0 Å². The van der Waals surface area contributed by atoms with E-state index in [1.807, 2.05) is 23.3 Å². The number of nitrogens with one attached hydrogen (secondary N) is 1. The molecule has 1 aromatic heterocycles. The van der Waals surface area contributed by atoms with Gasteiger partial charge in [-0.3, -0.25) is 0 Å². The van der Waals surface area contributed by atoms with Crippen LogP contribution in [0.5, 0.6) is 0 Å². The van der Waals surface area contributed by atoms with Gasteiger partial charge in [-0.2, -0.15) is 0 Å². The molecule has 1 aliphatic rings. The molecule has 1 aliphatic heterocycles. The third kappa shape index (κ3) is 3.03. The largest absolute Gasteiger partial charge is 0.310 e. The van der Waals surface area contributed by atoms with Crippen LogP contribution in [0.2, 0.25) is 5.02 Å². The summed E-state index contributed by atoms with van der Waals surface area (Å²) in [6, 6.07) is 6.66. The molecule has 0 aliphatic carbocycles. The summed E-state index contributed by atoms with van der Waals surface area (Å²) in [5.74, 6) is 1.13. The molecule has 1 unspecified atom stereocenters. The smallest absolute Gasteiger partial charge is 0.0797 e. The monoisotopic (exact) mass is 324 g/mol. The zero-order chi connectivity index (χ0) is 13.9. The van der Waals surface area contributed by atoms with Gasteiger partial charge < -0.3 is 5.32 Å². The van der Waals surface area contributed by atoms with E-state index in [4.69, 9.17) is 11.6 Å². The number of hydrogen-bond donors (Lipinski definition) is 1. The number of fused-ring (bicyclic) bond motifs is 1. The highest BCUT2D eigenvalue weighted by atomic mass is 35.5. The topological polar surface area (TPSA) is 24.9 Å². The normalized spacial score (nSPS) is 18.0. The van der Waals surface area contributed by atoms with Crippen LogP contribution < -0.4 is 5.32 Å². The second kappa shape index (κ2) is 6.48. The zero-order valence-corrected chi connectivity index (χ0v) is 13.7. The number of thioether (sulfide) groups is 1. The van der Waals surface area contributed by atoms with Crippen LogP contribution in [0.1, 0.15) is 28.6 Å². The Bertz CT molecular complexity index is 597. The van der Waals surface area contributed by atoms with Gasteiger partial charge >= 0.3 is 0 Å². The average molecular weight is 325 g/mol. The van der Waals surface area contributed by atoms with Crippen molar-refractivity contribution in [1.82, 2.24) is 10.3 Å². The number of thiazole rings is 1. The third-order valence-electron chi connectivity index (χ3n) is 3.61. The molecule has 0 saturated heterocycles. The fourth-order valence-electron chi connectivity index (χ4n) is 2.52. The van der Waals surface area contributed by atoms with Crippen LogP contribution in [0.15, 0.2) is 28.6 Å². The van der Waals surface area contributed by atoms with Crippen LogP contribution >= 0.6 is 34.7 Å². The molecule has 106 valence electrons. The van der Waals surface area contributed by atoms with Crippen molar-refractivity contribution >= 4 is 34.7 Å². The first-order valence-corrected chi connectivity index (χ1v) is 9.03. The van der Waals surface area contributed by atoms with E-state index in [1.54, 1.807) is 11.3 Å². The van der Waals surface area contributed by atoms with Gasteiger partial charge in [-0.05, 0) is 37.1 Å². The number of hydrogen-bond acceptors (Lipinski definition) is 4. The molecule has 3 rings (SSSR count). The summed E-state index contributed by atoms with van der Waals surface area (Å²) in [4.78, 5) is 6.94. The second-order valence-electron chi connectivity index (χ2n) is 4.91. The zero-order valence-electron chi connectivity index (χ0n) is 11.4. The van der Waals surface area contributed by atoms with Crippen LogP contribution in [0.4, 0.5) is 0 Å². The van der Waals surface area contributed by atoms with E-state index in [-0.39, 0.29) is 0 Å². The molecule has 1 aromatic carbocycles. The Morgan fingerprint density at radius 1 is 1.45 bits per heavy atom. The number of halogens is 1. The highest BCUT2D eigenvalue weighted by Gasteiger charge is 2.21. The van der Waals surface area contributed by atoms with Crippen molar-refractivity contribution in [2.75, 3.05) is 12.3 Å². The molecule has 2 nitrogen and oxygen atoms in total. The molecule has 2 heterocycles. The van der Waals surface area contributed by atoms with Gasteiger partial charge in [0.15, 0.2) is 0 Å². The van der Waals surface area contributed by atoms with Gasteiger partial charge in [0.1, 0.15) is 0 Å². The molecule has 0 bridgehead atoms. The minimum absolute atomic E-state index is 0.429. The Labute approximate surface area is 133 Å². The molecule has 1 N–H and O–H groups in total. The van der Waals surface area contributed by atoms with Crippen molar-refractivity contribution in [1.29, 1.82) is 0 Å². The maximum Gasteiger partial charge on any atom is 0.0797 e. The number of aryl methyl sites for hydroxylation is 1. The van der Waals surface area contributed by atoms with Gasteiger partial charge in [-0.25, -0.2) is 4.98 Å². The van der Waals surface area contributed by atoms with Crippen molar-refractivity contribution < 1.29 is 0 Å². The summed E-state index contributed by atoms with van der Waals surface area (Å²) in [6.45, 7) is 3.07. The lowest BCUT2D eigenvalue weighted by molar-refractivity contribution is 0.514. The van der Waals surface area contributed by atoms with Crippen LogP contribution in [0.3, 0.4) is 0 Å². The Morgan fingerprint density at radius 3 is 3.15 bits per heavy atom. The molecule has 0 saturated carbocycles. The van der Waals surface area contributed by atoms with Crippen molar-refractivity contribution in [2.24, 2.45) is 0 Å². The highest BCUT2D eigenvalue weighted by molar-refractivity contribution is 7.99. The minimum Gasteiger partial charge on any atom is -0.310 e. The van der Waals surface area contributed by atoms with Crippen LogP contribution in [0, 0.1) is 6.92 Å². The molecule has 5 heteroatoms. The maximum atomic E-state index is 6.29. The van der Waals surface area contributed by atoms with Gasteiger partial charge in [0.05, 0.1) is 16.2 Å². The van der Waals surface area contributed by atoms with Crippen LogP contribution in [0.25, 0.3) is 0 Å². The van der Waals surface area contributed by atoms with E-state index in [0.29, 0.717) is 6.04 Å². The van der Waals surface area contributed by atoms with Crippen molar-refractivity contribution in [3.8, 4) is 0 Å². The first kappa shape index (κ1) is 14.4. The summed E-state index contributed by atoms with van der Waals surface area (Å²) in [6.07, 6.45) is 2.22. The molecule has 1 atom stereocenters. The maximum absolute atomic E-state index is 6.29. The van der Waals surface area contributed by atoms with E-state index in [1.165, 1.54) is 27.5 Å². The number of nitrogens with zero attached hydrogens (tertiary/aromatic N) is 1. The van der Waals surface area contributed by atoms with Crippen molar-refractivity contribution in [2.45, 2.75) is 30.7 Å². The average Bonchev–Trinajstić information content (AvgIpc) is 2.86. The minimum atomic E-state index is 0.429. The lowest BCUT2D eigenvalue weighted by Gasteiger charge is -2.26. The van der Waals surface area contributed by atoms with E-state index in [0.717, 1.165) is 23.7 Å². The summed E-state index contributed by atoms with van der Waals surface area (Å²) >= 11 is 9.91. The number of rotatable bonds is 4. The van der Waals surface area contributed by atoms with Crippen molar-refractivity contribution in [3.63, 3.8) is 0 Å². The van der Waals surface area contributed by atoms with Gasteiger partial charge in [0, 0.05) is 22.4 Å². The number of aromatic nitrogens is 1. The predicted octanol–water partition coefficient (Wildman–Crippen LogP) is 4.47. The summed E-state index contributed by atoms with van der Waals surface area (Å²) in [7, 11) is 0. The molecule has 0 radical (unpaired) electrons. The predicted molar refractivity (Wildman–Crippen MR) is 88.1 cm³/mol. The molecule has 0 fully saturated rings. The van der Waals surface area contributed by atoms with Gasteiger partial charge in [0.25, 0.3) is 0 Å². The van der Waals surface area contributed by atoms with E-state index in [2.05, 4.69) is 29.4 Å². The molecule has 2 aromatic rings. The Balaban J connectivity index is 1.65. The molecule has 0 spiro atoms. The fraction of sp³-hybridized carbons (Fsp3) is 0.400. The third-order valence-corrected chi connectivity index (χ3v) is 6.22. The van der Waals surface area contributed by atoms with Gasteiger partial charge in [0.2, 0.25) is 0 Å². The quantitative estimate of drug-likeness (QED) is 0.898. The molecule has 0 amide bonds. The first-order chi connectivity index (χ1) is 9.75. The Hall–Kier alpha value is -0.550. The van der Waals surface area contributed by atoms with E-state index in [9.17, 15) is 0 Å². The van der Waals surface area contributed by atoms with Crippen LogP contribution in [-0.2, 0) is 6.42 Å². The van der Waals surface area contributed by atoms with E-state index >= 15 is 0 Å². The molecular formula is C15H17ClN2S2. The Morgan fingerprint density at radius 2 is 2.35 bits per heavy atom. The fourth-order valence-corrected chi connectivity index (χ4v) is 4.79. The standard InChI is InChI=1S/C15H17ClN2S2/c1-10-14(20-9-18-10)5-7-17-13-6-8-19-15-11(13)3-2-4-12(15)16/h2-4,9,13,17H,5-8H2,1H3. The van der Waals surface area contributed by atoms with Gasteiger partial charge in [-0.1, -0.05) is 23.7 Å². The SMILES string of the molecule is Cc1ncsc1CCNC1CCSc2c(Cl)cccc21. The number of benzene rings is 1. The second-order valence-corrected chi connectivity index (χ2v) is 7.36. The summed E-state index contributed by atoms with van der Waals surface area (Å²) in [5.41, 5.74) is 4.45. The first-order valence-electron chi connectivity index (χ1n) is 6.79. The van der Waals surface area contributed by atoms with Crippen molar-refractivity contribution in [3.05, 3.63) is 44.9 Å². The molecule has 20 heavy (non-hydrogen) atoms. The van der Waals surface area contributed by atoms with Gasteiger partial charge in [-0.15, -0.1) is 23.1 Å².